The number of halogens is 2. The number of nitrogens with one attached hydrogen (secondary N) is 2. The Bertz CT molecular complexity index is 1470. The van der Waals surface area contributed by atoms with Gasteiger partial charge in [0.2, 0.25) is 10.0 Å². The van der Waals surface area contributed by atoms with Crippen molar-refractivity contribution in [2.75, 3.05) is 6.67 Å². The first-order valence-electron chi connectivity index (χ1n) is 14.1. The van der Waals surface area contributed by atoms with Gasteiger partial charge in [-0.1, -0.05) is 31.2 Å². The Morgan fingerprint density at radius 3 is 2.73 bits per heavy atom. The average Bonchev–Trinajstić information content (AvgIpc) is 3.48. The third kappa shape index (κ3) is 5.34. The van der Waals surface area contributed by atoms with Crippen LogP contribution in [0.4, 0.5) is 8.78 Å². The summed E-state index contributed by atoms with van der Waals surface area (Å²) in [4.78, 5) is 4.29. The summed E-state index contributed by atoms with van der Waals surface area (Å²) in [6.45, 7) is 2.33. The van der Waals surface area contributed by atoms with Crippen molar-refractivity contribution in [1.82, 2.24) is 19.6 Å². The van der Waals surface area contributed by atoms with Gasteiger partial charge in [-0.3, -0.25) is 0 Å². The topological polar surface area (TPSA) is 96.2 Å². The molecule has 0 radical (unpaired) electrons. The fourth-order valence-electron chi connectivity index (χ4n) is 7.81. The molecule has 2 aliphatic carbocycles. The van der Waals surface area contributed by atoms with Crippen LogP contribution in [0.5, 0.6) is 0 Å². The minimum atomic E-state index is -3.61. The Hall–Kier alpha value is -2.66. The summed E-state index contributed by atoms with van der Waals surface area (Å²) in [5.74, 6) is 0.00785. The molecule has 6 atom stereocenters. The minimum absolute atomic E-state index is 0.0471. The zero-order valence-corrected chi connectivity index (χ0v) is 23.4. The van der Waals surface area contributed by atoms with E-state index in [0.29, 0.717) is 29.4 Å². The average molecular weight is 571 g/mol. The van der Waals surface area contributed by atoms with E-state index in [1.807, 2.05) is 10.6 Å². The van der Waals surface area contributed by atoms with Gasteiger partial charge in [0.25, 0.3) is 0 Å². The van der Waals surface area contributed by atoms with Crippen molar-refractivity contribution in [3.63, 3.8) is 0 Å². The maximum absolute atomic E-state index is 15.0. The molecular weight excluding hydrogens is 534 g/mol. The first-order valence-corrected chi connectivity index (χ1v) is 15.7. The first-order chi connectivity index (χ1) is 19.1. The van der Waals surface area contributed by atoms with Gasteiger partial charge in [0.05, 0.1) is 42.8 Å². The Labute approximate surface area is 234 Å². The van der Waals surface area contributed by atoms with E-state index < -0.39 is 21.9 Å². The molecule has 2 heterocycles. The molecule has 0 amide bonds. The third-order valence-corrected chi connectivity index (χ3v) is 10.5. The van der Waals surface area contributed by atoms with Crippen molar-refractivity contribution in [3.05, 3.63) is 77.8 Å². The maximum atomic E-state index is 15.0. The number of benzene rings is 2. The van der Waals surface area contributed by atoms with Crippen molar-refractivity contribution in [3.8, 4) is 11.3 Å². The molecule has 0 saturated heterocycles. The van der Waals surface area contributed by atoms with Crippen LogP contribution in [-0.4, -0.2) is 41.9 Å². The Balaban J connectivity index is 1.14. The fourth-order valence-corrected chi connectivity index (χ4v) is 8.85. The van der Waals surface area contributed by atoms with Gasteiger partial charge in [0, 0.05) is 17.2 Å². The normalized spacial score (nSPS) is 28.2. The molecule has 40 heavy (non-hydrogen) atoms. The molecule has 6 rings (SSSR count). The summed E-state index contributed by atoms with van der Waals surface area (Å²) in [7, 11) is -3.61. The molecule has 1 aromatic heterocycles. The molecule has 3 aliphatic rings. The number of aliphatic hydroxyl groups is 1. The van der Waals surface area contributed by atoms with Gasteiger partial charge >= 0.3 is 0 Å². The number of imidazole rings is 1. The van der Waals surface area contributed by atoms with Crippen molar-refractivity contribution in [1.29, 1.82) is 0 Å². The van der Waals surface area contributed by atoms with Gasteiger partial charge in [-0.25, -0.2) is 26.9 Å². The minimum Gasteiger partial charge on any atom is -0.392 e. The van der Waals surface area contributed by atoms with Crippen LogP contribution < -0.4 is 10.0 Å². The van der Waals surface area contributed by atoms with Crippen molar-refractivity contribution in [2.24, 2.45) is 17.3 Å². The summed E-state index contributed by atoms with van der Waals surface area (Å²) in [5.41, 5.74) is 2.51. The molecule has 2 saturated carbocycles. The lowest BCUT2D eigenvalue weighted by Crippen LogP contribution is -2.53. The molecule has 0 spiro atoms. The van der Waals surface area contributed by atoms with E-state index in [2.05, 4.69) is 21.9 Å². The zero-order valence-electron chi connectivity index (χ0n) is 22.6. The second-order valence-corrected chi connectivity index (χ2v) is 14.0. The van der Waals surface area contributed by atoms with Gasteiger partial charge in [-0.2, -0.15) is 0 Å². The van der Waals surface area contributed by atoms with E-state index in [9.17, 15) is 17.9 Å². The highest BCUT2D eigenvalue weighted by Crippen LogP contribution is 2.55. The molecule has 3 N–H and O–H groups in total. The molecular formula is C30H36F2N4O3S. The van der Waals surface area contributed by atoms with Crippen LogP contribution in [0.2, 0.25) is 0 Å². The summed E-state index contributed by atoms with van der Waals surface area (Å²) in [6.07, 6.45) is 7.74. The second kappa shape index (κ2) is 10.6. The van der Waals surface area contributed by atoms with Gasteiger partial charge in [0.1, 0.15) is 11.6 Å². The van der Waals surface area contributed by atoms with Crippen molar-refractivity contribution < 1.29 is 22.3 Å². The quantitative estimate of drug-likeness (QED) is 0.323. The predicted octanol–water partition coefficient (Wildman–Crippen LogP) is 4.73. The van der Waals surface area contributed by atoms with Crippen LogP contribution in [0.1, 0.15) is 62.6 Å². The maximum Gasteiger partial charge on any atom is 0.216 e. The summed E-state index contributed by atoms with van der Waals surface area (Å²) in [6, 6.07) is 10.3. The van der Waals surface area contributed by atoms with Crippen LogP contribution >= 0.6 is 0 Å². The number of aliphatic hydroxyl groups excluding tert-OH is 1. The summed E-state index contributed by atoms with van der Waals surface area (Å²) in [5, 5.41) is 15.3. The van der Waals surface area contributed by atoms with E-state index in [4.69, 9.17) is 0 Å². The van der Waals surface area contributed by atoms with Crippen LogP contribution in [0.25, 0.3) is 11.3 Å². The largest absolute Gasteiger partial charge is 0.392 e. The van der Waals surface area contributed by atoms with E-state index in [-0.39, 0.29) is 35.7 Å². The van der Waals surface area contributed by atoms with E-state index in [1.165, 1.54) is 30.3 Å². The number of nitrogens with zero attached hydrogens (tertiary/aromatic N) is 2. The lowest BCUT2D eigenvalue weighted by atomic mass is 9.55. The summed E-state index contributed by atoms with van der Waals surface area (Å²) < 4.78 is 58.0. The molecule has 1 aliphatic heterocycles. The highest BCUT2D eigenvalue weighted by atomic mass is 32.2. The van der Waals surface area contributed by atoms with E-state index >= 15 is 4.39 Å². The molecule has 2 fully saturated rings. The van der Waals surface area contributed by atoms with Gasteiger partial charge in [-0.15, -0.1) is 0 Å². The van der Waals surface area contributed by atoms with E-state index in [1.54, 1.807) is 18.6 Å². The molecule has 6 unspecified atom stereocenters. The number of hydrogen-bond acceptors (Lipinski definition) is 5. The van der Waals surface area contributed by atoms with Crippen molar-refractivity contribution in [2.45, 2.75) is 69.4 Å². The Kier molecular flexibility index (Phi) is 7.31. The van der Waals surface area contributed by atoms with Crippen LogP contribution in [0.3, 0.4) is 0 Å². The first kappa shape index (κ1) is 27.5. The fraction of sp³-hybridized carbons (Fsp3) is 0.500. The Morgan fingerprint density at radius 2 is 1.93 bits per heavy atom. The number of aromatic nitrogens is 2. The highest BCUT2D eigenvalue weighted by molar-refractivity contribution is 7.88. The summed E-state index contributed by atoms with van der Waals surface area (Å²) >= 11 is 0. The molecule has 3 aromatic rings. The molecule has 10 heteroatoms. The third-order valence-electron chi connectivity index (χ3n) is 9.23. The Morgan fingerprint density at radius 1 is 1.12 bits per heavy atom. The number of rotatable bonds is 9. The number of fused-ring (bicyclic) bond motifs is 5. The SMILES string of the molecule is CC1CC2CC(NCNS(=O)(=O)Cc3ccc(F)cc3)CC(C(O)CC3c4c(F)cccc4-c4cncn43)(C1)C2. The molecule has 214 valence electrons. The smallest absolute Gasteiger partial charge is 0.216 e. The van der Waals surface area contributed by atoms with Crippen molar-refractivity contribution >= 4 is 10.0 Å². The highest BCUT2D eigenvalue weighted by Gasteiger charge is 2.50. The number of hydrogen-bond donors (Lipinski definition) is 3. The molecule has 2 bridgehead atoms. The van der Waals surface area contributed by atoms with Gasteiger partial charge in [-0.05, 0) is 79.5 Å². The monoisotopic (exact) mass is 570 g/mol. The van der Waals surface area contributed by atoms with Crippen LogP contribution in [-0.2, 0) is 15.8 Å². The zero-order chi connectivity index (χ0) is 28.1. The lowest BCUT2D eigenvalue weighted by molar-refractivity contribution is -0.0784. The lowest BCUT2D eigenvalue weighted by Gasteiger charge is -2.53. The molecule has 2 aromatic carbocycles. The van der Waals surface area contributed by atoms with Gasteiger partial charge < -0.3 is 15.0 Å². The standard InChI is InChI=1S/C30H36F2N4O3S/c1-19-9-21-10-23(34-17-35-40(38,39)16-20-5-7-22(31)8-6-20)14-30(12-19,13-21)28(37)11-26-29-24(3-2-4-25(29)32)27-15-33-18-36(26)27/h2-8,15,18-19,21,23,26,28,34-35,37H,9-14,16-17H2,1H3. The molecule has 7 nitrogen and oxygen atoms in total. The van der Waals surface area contributed by atoms with Gasteiger partial charge in [0.15, 0.2) is 0 Å². The number of sulfonamides is 1. The van der Waals surface area contributed by atoms with Crippen LogP contribution in [0.15, 0.2) is 55.0 Å². The second-order valence-electron chi connectivity index (χ2n) is 12.2. The predicted molar refractivity (Wildman–Crippen MR) is 149 cm³/mol. The van der Waals surface area contributed by atoms with Crippen LogP contribution in [0, 0.1) is 28.9 Å². The van der Waals surface area contributed by atoms with E-state index in [0.717, 1.165) is 43.4 Å².